The van der Waals surface area contributed by atoms with Crippen molar-refractivity contribution in [3.63, 3.8) is 0 Å². The summed E-state index contributed by atoms with van der Waals surface area (Å²) < 4.78 is 0. The summed E-state index contributed by atoms with van der Waals surface area (Å²) in [6, 6.07) is 7.63. The van der Waals surface area contributed by atoms with Crippen LogP contribution in [0.4, 0.5) is 0 Å². The lowest BCUT2D eigenvalue weighted by atomic mass is 9.96. The van der Waals surface area contributed by atoms with Gasteiger partial charge >= 0.3 is 0 Å². The minimum atomic E-state index is -0.0261. The molecule has 0 radical (unpaired) electrons. The van der Waals surface area contributed by atoms with Gasteiger partial charge in [-0.1, -0.05) is 29.8 Å². The Balaban J connectivity index is 1.59. The quantitative estimate of drug-likeness (QED) is 0.865. The number of hydrogen-bond donors (Lipinski definition) is 1. The van der Waals surface area contributed by atoms with Crippen molar-refractivity contribution in [3.8, 4) is 10.6 Å². The molecule has 26 heavy (non-hydrogen) atoms. The maximum absolute atomic E-state index is 12.4. The zero-order valence-electron chi connectivity index (χ0n) is 14.9. The lowest BCUT2D eigenvalue weighted by Gasteiger charge is -2.30. The number of thiazole rings is 1. The van der Waals surface area contributed by atoms with Crippen LogP contribution in [0.15, 0.2) is 24.3 Å². The van der Waals surface area contributed by atoms with E-state index in [9.17, 15) is 9.59 Å². The number of aromatic nitrogens is 1. The van der Waals surface area contributed by atoms with Gasteiger partial charge in [0.25, 0.3) is 0 Å². The fourth-order valence-electron chi connectivity index (χ4n) is 3.11. The van der Waals surface area contributed by atoms with Gasteiger partial charge in [-0.25, -0.2) is 4.98 Å². The Kier molecular flexibility index (Phi) is 5.94. The average molecular weight is 392 g/mol. The Labute approximate surface area is 162 Å². The third-order valence-corrected chi connectivity index (χ3v) is 6.25. The first-order valence-electron chi connectivity index (χ1n) is 8.70. The van der Waals surface area contributed by atoms with Crippen molar-refractivity contribution in [2.24, 2.45) is 5.92 Å². The number of hydrogen-bond acceptors (Lipinski definition) is 4. The summed E-state index contributed by atoms with van der Waals surface area (Å²) in [5, 5.41) is 4.57. The molecule has 0 bridgehead atoms. The highest BCUT2D eigenvalue weighted by atomic mass is 35.5. The van der Waals surface area contributed by atoms with Gasteiger partial charge in [-0.15, -0.1) is 11.3 Å². The highest BCUT2D eigenvalue weighted by molar-refractivity contribution is 7.15. The van der Waals surface area contributed by atoms with Crippen LogP contribution >= 0.6 is 22.9 Å². The van der Waals surface area contributed by atoms with Gasteiger partial charge in [0.05, 0.1) is 17.3 Å². The van der Waals surface area contributed by atoms with E-state index < -0.39 is 0 Å². The molecular formula is C19H22ClN3O2S. The van der Waals surface area contributed by atoms with Crippen molar-refractivity contribution >= 4 is 34.8 Å². The molecule has 1 aliphatic heterocycles. The summed E-state index contributed by atoms with van der Waals surface area (Å²) in [6.45, 7) is 5.31. The molecule has 1 aliphatic rings. The number of carbonyl (C=O) groups excluding carboxylic acids is 2. The average Bonchev–Trinajstić information content (AvgIpc) is 3.00. The smallest absolute Gasteiger partial charge is 0.223 e. The summed E-state index contributed by atoms with van der Waals surface area (Å²) >= 11 is 7.81. The highest BCUT2D eigenvalue weighted by Crippen LogP contribution is 2.32. The molecule has 0 atom stereocenters. The largest absolute Gasteiger partial charge is 0.351 e. The second-order valence-electron chi connectivity index (χ2n) is 6.51. The van der Waals surface area contributed by atoms with Crippen LogP contribution in [-0.2, 0) is 16.1 Å². The predicted molar refractivity (Wildman–Crippen MR) is 104 cm³/mol. The van der Waals surface area contributed by atoms with Gasteiger partial charge in [-0.3, -0.25) is 9.59 Å². The van der Waals surface area contributed by atoms with Gasteiger partial charge < -0.3 is 10.2 Å². The van der Waals surface area contributed by atoms with Crippen LogP contribution in [0.25, 0.3) is 10.6 Å². The number of likely N-dealkylation sites (tertiary alicyclic amines) is 1. The van der Waals surface area contributed by atoms with Crippen LogP contribution in [-0.4, -0.2) is 34.8 Å². The van der Waals surface area contributed by atoms with E-state index in [4.69, 9.17) is 11.6 Å². The summed E-state index contributed by atoms with van der Waals surface area (Å²) in [6.07, 6.45) is 1.44. The third kappa shape index (κ3) is 4.24. The minimum absolute atomic E-state index is 0.0261. The SMILES string of the molecule is CC(=O)N1CCC(C(=O)NCc2sc(-c3ccccc3Cl)nc2C)CC1. The zero-order valence-corrected chi connectivity index (χ0v) is 16.5. The Morgan fingerprint density at radius 3 is 2.65 bits per heavy atom. The third-order valence-electron chi connectivity index (χ3n) is 4.73. The molecule has 2 aromatic rings. The number of amides is 2. The zero-order chi connectivity index (χ0) is 18.7. The molecule has 138 valence electrons. The fraction of sp³-hybridized carbons (Fsp3) is 0.421. The molecule has 1 aromatic carbocycles. The van der Waals surface area contributed by atoms with E-state index in [1.54, 1.807) is 23.2 Å². The van der Waals surface area contributed by atoms with Gasteiger partial charge in [0.2, 0.25) is 11.8 Å². The van der Waals surface area contributed by atoms with Crippen LogP contribution in [0, 0.1) is 12.8 Å². The van der Waals surface area contributed by atoms with Crippen LogP contribution in [0.3, 0.4) is 0 Å². The molecule has 1 saturated heterocycles. The second-order valence-corrected chi connectivity index (χ2v) is 8.00. The number of halogens is 1. The van der Waals surface area contributed by atoms with Crippen LogP contribution in [0.2, 0.25) is 5.02 Å². The molecule has 0 saturated carbocycles. The van der Waals surface area contributed by atoms with Gasteiger partial charge in [0.1, 0.15) is 5.01 Å². The van der Waals surface area contributed by atoms with E-state index in [1.165, 1.54) is 0 Å². The maximum Gasteiger partial charge on any atom is 0.223 e. The van der Waals surface area contributed by atoms with Crippen molar-refractivity contribution in [2.45, 2.75) is 33.2 Å². The first kappa shape index (κ1) is 18.9. The molecule has 1 aromatic heterocycles. The molecule has 0 aliphatic carbocycles. The Hall–Kier alpha value is -1.92. The van der Waals surface area contributed by atoms with Crippen molar-refractivity contribution in [1.29, 1.82) is 0 Å². The van der Waals surface area contributed by atoms with Gasteiger partial charge in [-0.2, -0.15) is 0 Å². The van der Waals surface area contributed by atoms with Gasteiger partial charge in [0, 0.05) is 36.4 Å². The first-order chi connectivity index (χ1) is 12.5. The normalized spacial score (nSPS) is 15.1. The highest BCUT2D eigenvalue weighted by Gasteiger charge is 2.26. The van der Waals surface area contributed by atoms with Gasteiger partial charge in [0.15, 0.2) is 0 Å². The Morgan fingerprint density at radius 2 is 2.00 bits per heavy atom. The fourth-order valence-corrected chi connectivity index (χ4v) is 4.43. The van der Waals surface area contributed by atoms with E-state index in [2.05, 4.69) is 10.3 Å². The Morgan fingerprint density at radius 1 is 1.31 bits per heavy atom. The lowest BCUT2D eigenvalue weighted by Crippen LogP contribution is -2.42. The first-order valence-corrected chi connectivity index (χ1v) is 9.89. The lowest BCUT2D eigenvalue weighted by molar-refractivity contribution is -0.134. The number of piperidine rings is 1. The molecule has 5 nitrogen and oxygen atoms in total. The molecule has 0 spiro atoms. The monoisotopic (exact) mass is 391 g/mol. The molecule has 7 heteroatoms. The van der Waals surface area contributed by atoms with Crippen molar-refractivity contribution in [3.05, 3.63) is 39.9 Å². The summed E-state index contributed by atoms with van der Waals surface area (Å²) in [5.41, 5.74) is 1.83. The van der Waals surface area contributed by atoms with Crippen LogP contribution in [0.1, 0.15) is 30.3 Å². The molecule has 0 unspecified atom stereocenters. The second kappa shape index (κ2) is 8.18. The summed E-state index contributed by atoms with van der Waals surface area (Å²) in [5.74, 6) is 0.110. The molecule has 2 amide bonds. The summed E-state index contributed by atoms with van der Waals surface area (Å²) in [4.78, 5) is 31.3. The topological polar surface area (TPSA) is 62.3 Å². The molecule has 2 heterocycles. The number of benzene rings is 1. The maximum atomic E-state index is 12.4. The van der Waals surface area contributed by atoms with Crippen molar-refractivity contribution < 1.29 is 9.59 Å². The van der Waals surface area contributed by atoms with E-state index in [0.717, 1.165) is 34.0 Å². The summed E-state index contributed by atoms with van der Waals surface area (Å²) in [7, 11) is 0. The number of aryl methyl sites for hydroxylation is 1. The van der Waals surface area contributed by atoms with E-state index in [1.807, 2.05) is 31.2 Å². The minimum Gasteiger partial charge on any atom is -0.351 e. The van der Waals surface area contributed by atoms with Crippen molar-refractivity contribution in [2.75, 3.05) is 13.1 Å². The molecule has 3 rings (SSSR count). The van der Waals surface area contributed by atoms with Crippen molar-refractivity contribution in [1.82, 2.24) is 15.2 Å². The van der Waals surface area contributed by atoms with E-state index >= 15 is 0 Å². The number of carbonyl (C=O) groups is 2. The van der Waals surface area contributed by atoms with E-state index in [0.29, 0.717) is 24.7 Å². The molecule has 1 fully saturated rings. The number of nitrogens with one attached hydrogen (secondary N) is 1. The van der Waals surface area contributed by atoms with Crippen LogP contribution < -0.4 is 5.32 Å². The standard InChI is InChI=1S/C19H22ClN3O2S/c1-12-17(26-19(22-12)15-5-3-4-6-16(15)20)11-21-18(25)14-7-9-23(10-8-14)13(2)24/h3-6,14H,7-11H2,1-2H3,(H,21,25). The van der Waals surface area contributed by atoms with Gasteiger partial charge in [-0.05, 0) is 25.8 Å². The predicted octanol–water partition coefficient (Wildman–Crippen LogP) is 3.65. The number of nitrogens with zero attached hydrogens (tertiary/aromatic N) is 2. The van der Waals surface area contributed by atoms with E-state index in [-0.39, 0.29) is 17.7 Å². The molecule has 1 N–H and O–H groups in total. The number of rotatable bonds is 4. The Bertz CT molecular complexity index is 813. The van der Waals surface area contributed by atoms with Crippen LogP contribution in [0.5, 0.6) is 0 Å². The molecular weight excluding hydrogens is 370 g/mol.